The molecule has 3 fully saturated rings. The Balaban J connectivity index is 1.52. The molecule has 0 bridgehead atoms. The summed E-state index contributed by atoms with van der Waals surface area (Å²) in [5.41, 5.74) is 0. The van der Waals surface area contributed by atoms with Gasteiger partial charge in [0.25, 0.3) is 0 Å². The molecule has 0 saturated carbocycles. The Bertz CT molecular complexity index is 1470. The summed E-state index contributed by atoms with van der Waals surface area (Å²) in [6.07, 6.45) is 10.1. The van der Waals surface area contributed by atoms with Crippen LogP contribution in [0.4, 0.5) is 0 Å². The van der Waals surface area contributed by atoms with E-state index in [0.29, 0.717) is 6.42 Å². The van der Waals surface area contributed by atoms with Crippen molar-refractivity contribution in [3.05, 3.63) is 36.5 Å². The Morgan fingerprint density at radius 3 is 1.43 bits per heavy atom. The van der Waals surface area contributed by atoms with E-state index in [1.54, 1.807) is 6.08 Å². The molecule has 3 heterocycles. The number of nitrogens with one attached hydrogen (secondary N) is 1. The highest BCUT2D eigenvalue weighted by atomic mass is 16.8. The molecule has 17 unspecified atom stereocenters. The molecule has 0 aliphatic carbocycles. The van der Waals surface area contributed by atoms with Gasteiger partial charge in [-0.2, -0.15) is 0 Å². The van der Waals surface area contributed by atoms with Crippen LogP contribution in [0.3, 0.4) is 0 Å². The average molecular weight is 1030 g/mol. The summed E-state index contributed by atoms with van der Waals surface area (Å²) >= 11 is 0. The molecule has 19 nitrogen and oxygen atoms in total. The van der Waals surface area contributed by atoms with E-state index in [2.05, 4.69) is 43.5 Å². The zero-order valence-electron chi connectivity index (χ0n) is 43.1. The number of hydrogen-bond donors (Lipinski definition) is 12. The monoisotopic (exact) mass is 1030 g/mol. The Morgan fingerprint density at radius 2 is 0.917 bits per heavy atom. The molecule has 420 valence electrons. The highest BCUT2D eigenvalue weighted by molar-refractivity contribution is 5.76. The summed E-state index contributed by atoms with van der Waals surface area (Å²) in [4.78, 5) is 13.2. The predicted octanol–water partition coefficient (Wildman–Crippen LogP) is 2.98. The van der Waals surface area contributed by atoms with Crippen LogP contribution >= 0.6 is 0 Å². The van der Waals surface area contributed by atoms with Crippen molar-refractivity contribution in [1.82, 2.24) is 5.32 Å². The summed E-state index contributed by atoms with van der Waals surface area (Å²) < 4.78 is 34.1. The maximum Gasteiger partial charge on any atom is 0.220 e. The molecule has 0 spiro atoms. The molecule has 3 aliphatic rings. The Hall–Kier alpha value is -1.99. The SMILES string of the molecule is CCCCCC/C=C\C/C=C\CCCCCCCCCC(=O)NC(COC1OC(CO)C(OC2OC(CO)C(OC3OC(CO)C(O)C(O)C3O)C(O)C2O)C(O)C1O)C(O)/C=C/CCCCCCCCC. The smallest absolute Gasteiger partial charge is 0.220 e. The van der Waals surface area contributed by atoms with Crippen molar-refractivity contribution >= 4 is 5.91 Å². The lowest BCUT2D eigenvalue weighted by Gasteiger charge is -2.48. The molecular formula is C53H95NO18. The van der Waals surface area contributed by atoms with E-state index < -0.39 is 124 Å². The summed E-state index contributed by atoms with van der Waals surface area (Å²) in [6.45, 7) is 1.63. The number of aliphatic hydroxyl groups is 11. The van der Waals surface area contributed by atoms with Gasteiger partial charge in [0, 0.05) is 6.42 Å². The molecule has 0 aromatic rings. The number of hydrogen-bond acceptors (Lipinski definition) is 18. The predicted molar refractivity (Wildman–Crippen MR) is 268 cm³/mol. The zero-order valence-corrected chi connectivity index (χ0v) is 43.1. The Labute approximate surface area is 428 Å². The molecule has 0 aromatic heterocycles. The second-order valence-corrected chi connectivity index (χ2v) is 19.7. The molecule has 1 amide bonds. The third-order valence-corrected chi connectivity index (χ3v) is 13.7. The summed E-state index contributed by atoms with van der Waals surface area (Å²) in [6, 6.07) is -0.973. The molecule has 3 saturated heterocycles. The zero-order chi connectivity index (χ0) is 52.7. The van der Waals surface area contributed by atoms with E-state index >= 15 is 0 Å². The van der Waals surface area contributed by atoms with Gasteiger partial charge < -0.3 is 89.9 Å². The van der Waals surface area contributed by atoms with Crippen molar-refractivity contribution in [2.75, 3.05) is 26.4 Å². The fraction of sp³-hybridized carbons (Fsp3) is 0.868. The first-order valence-corrected chi connectivity index (χ1v) is 27.2. The van der Waals surface area contributed by atoms with Gasteiger partial charge in [-0.25, -0.2) is 0 Å². The molecule has 19 heteroatoms. The number of unbranched alkanes of at least 4 members (excludes halogenated alkanes) is 18. The van der Waals surface area contributed by atoms with E-state index in [9.17, 15) is 61.0 Å². The average Bonchev–Trinajstić information content (AvgIpc) is 3.37. The lowest BCUT2D eigenvalue weighted by Crippen LogP contribution is -2.66. The van der Waals surface area contributed by atoms with Gasteiger partial charge in [0.2, 0.25) is 5.91 Å². The highest BCUT2D eigenvalue weighted by Crippen LogP contribution is 2.33. The van der Waals surface area contributed by atoms with Gasteiger partial charge in [0.15, 0.2) is 18.9 Å². The van der Waals surface area contributed by atoms with Crippen LogP contribution in [0.15, 0.2) is 36.5 Å². The van der Waals surface area contributed by atoms with Crippen LogP contribution in [0, 0.1) is 0 Å². The number of carbonyl (C=O) groups excluding carboxylic acids is 1. The fourth-order valence-electron chi connectivity index (χ4n) is 9.10. The maximum atomic E-state index is 13.2. The van der Waals surface area contributed by atoms with Gasteiger partial charge in [-0.15, -0.1) is 0 Å². The van der Waals surface area contributed by atoms with Crippen LogP contribution in [0.2, 0.25) is 0 Å². The molecule has 12 N–H and O–H groups in total. The largest absolute Gasteiger partial charge is 0.394 e. The molecule has 72 heavy (non-hydrogen) atoms. The van der Waals surface area contributed by atoms with Crippen molar-refractivity contribution in [3.63, 3.8) is 0 Å². The molecule has 0 radical (unpaired) electrons. The molecule has 3 aliphatic heterocycles. The third-order valence-electron chi connectivity index (χ3n) is 13.7. The number of rotatable bonds is 38. The van der Waals surface area contributed by atoms with E-state index in [0.717, 1.165) is 83.5 Å². The maximum absolute atomic E-state index is 13.2. The van der Waals surface area contributed by atoms with Crippen molar-refractivity contribution in [2.24, 2.45) is 0 Å². The third kappa shape index (κ3) is 22.7. The first kappa shape index (κ1) is 64.3. The summed E-state index contributed by atoms with van der Waals surface area (Å²) in [7, 11) is 0. The van der Waals surface area contributed by atoms with E-state index in [-0.39, 0.29) is 18.9 Å². The summed E-state index contributed by atoms with van der Waals surface area (Å²) in [5.74, 6) is -0.289. The van der Waals surface area contributed by atoms with Crippen LogP contribution in [0.25, 0.3) is 0 Å². The second kappa shape index (κ2) is 37.7. The van der Waals surface area contributed by atoms with Crippen molar-refractivity contribution < 1.29 is 89.4 Å². The van der Waals surface area contributed by atoms with Crippen molar-refractivity contribution in [2.45, 2.75) is 266 Å². The quantitative estimate of drug-likeness (QED) is 0.0313. The van der Waals surface area contributed by atoms with E-state index in [4.69, 9.17) is 28.4 Å². The minimum Gasteiger partial charge on any atom is -0.394 e. The number of carbonyl (C=O) groups is 1. The number of amides is 1. The van der Waals surface area contributed by atoms with Crippen molar-refractivity contribution in [1.29, 1.82) is 0 Å². The van der Waals surface area contributed by atoms with Crippen LogP contribution in [-0.4, -0.2) is 193 Å². The van der Waals surface area contributed by atoms with Gasteiger partial charge in [-0.05, 0) is 51.4 Å². The standard InChI is InChI=1S/C53H95NO18/c1-3-5-7-9-11-13-14-15-16-17-18-19-20-21-23-25-27-29-31-41(59)54-36(37(58)30-28-26-24-22-12-10-8-6-4-2)35-67-51-47(65)44(62)49(39(33-56)69-51)72-53-48(66)45(63)50(40(34-57)70-53)71-52-46(64)43(61)42(60)38(32-55)68-52/h13-14,16-17,28,30,36-40,42-53,55-58,60-66H,3-12,15,18-27,29,31-35H2,1-2H3,(H,54,59)/b14-13-,17-16-,30-28+. The van der Waals surface area contributed by atoms with E-state index in [1.165, 1.54) is 51.4 Å². The summed E-state index contributed by atoms with van der Waals surface area (Å²) in [5, 5.41) is 120. The molecular weight excluding hydrogens is 939 g/mol. The van der Waals surface area contributed by atoms with Crippen LogP contribution in [0.1, 0.15) is 162 Å². The normalized spacial score (nSPS) is 32.3. The number of allylic oxidation sites excluding steroid dienone is 5. The van der Waals surface area contributed by atoms with Gasteiger partial charge in [-0.1, -0.05) is 140 Å². The highest BCUT2D eigenvalue weighted by Gasteiger charge is 2.53. The van der Waals surface area contributed by atoms with Gasteiger partial charge in [0.1, 0.15) is 73.2 Å². The topological polar surface area (TPSA) is 307 Å². The Kier molecular flexibility index (Phi) is 33.7. The first-order valence-electron chi connectivity index (χ1n) is 27.2. The first-order chi connectivity index (χ1) is 34.8. The van der Waals surface area contributed by atoms with Crippen molar-refractivity contribution in [3.8, 4) is 0 Å². The van der Waals surface area contributed by atoms with Crippen LogP contribution < -0.4 is 5.32 Å². The van der Waals surface area contributed by atoms with Crippen LogP contribution in [-0.2, 0) is 33.2 Å². The number of aliphatic hydroxyl groups excluding tert-OH is 11. The Morgan fingerprint density at radius 1 is 0.500 bits per heavy atom. The molecule has 17 atom stereocenters. The minimum absolute atomic E-state index is 0.233. The van der Waals surface area contributed by atoms with Gasteiger partial charge >= 0.3 is 0 Å². The second-order valence-electron chi connectivity index (χ2n) is 19.7. The molecule has 3 rings (SSSR count). The lowest BCUT2D eigenvalue weighted by molar-refractivity contribution is -0.379. The van der Waals surface area contributed by atoms with E-state index in [1.807, 2.05) is 6.08 Å². The fourth-order valence-corrected chi connectivity index (χ4v) is 9.10. The van der Waals surface area contributed by atoms with Gasteiger partial charge in [-0.3, -0.25) is 4.79 Å². The number of ether oxygens (including phenoxy) is 6. The van der Waals surface area contributed by atoms with Gasteiger partial charge in [0.05, 0.1) is 38.6 Å². The molecule has 0 aromatic carbocycles. The lowest BCUT2D eigenvalue weighted by atomic mass is 9.96. The van der Waals surface area contributed by atoms with Crippen LogP contribution in [0.5, 0.6) is 0 Å². The minimum atomic E-state index is -1.98.